The molecule has 0 atom stereocenters. The van der Waals surface area contributed by atoms with Gasteiger partial charge in [-0.05, 0) is 13.3 Å². The first kappa shape index (κ1) is 13.0. The summed E-state index contributed by atoms with van der Waals surface area (Å²) in [5, 5.41) is 5.58. The fourth-order valence-electron chi connectivity index (χ4n) is 2.37. The van der Waals surface area contributed by atoms with Crippen LogP contribution in [0.1, 0.15) is 19.5 Å². The Morgan fingerprint density at radius 3 is 2.60 bits per heavy atom. The molecule has 2 aromatic heterocycles. The van der Waals surface area contributed by atoms with Crippen molar-refractivity contribution < 1.29 is 0 Å². The second-order valence-corrected chi connectivity index (χ2v) is 4.98. The molecule has 0 aliphatic carbocycles. The third kappa shape index (κ3) is 2.04. The topological polar surface area (TPSA) is 46.5 Å². The maximum Gasteiger partial charge on any atom is 0.141 e. The van der Waals surface area contributed by atoms with E-state index >= 15 is 0 Å². The SMILES string of the molecule is CCc1nn(CC)c2[nH]c(-c3ccccc3)nc(=S)c12. The molecule has 1 N–H and O–H groups in total. The van der Waals surface area contributed by atoms with E-state index in [1.807, 2.05) is 35.0 Å². The lowest BCUT2D eigenvalue weighted by atomic mass is 10.2. The molecule has 0 aliphatic heterocycles. The molecule has 3 rings (SSSR count). The minimum absolute atomic E-state index is 0.620. The second-order valence-electron chi connectivity index (χ2n) is 4.60. The van der Waals surface area contributed by atoms with E-state index in [1.165, 1.54) is 0 Å². The van der Waals surface area contributed by atoms with Crippen LogP contribution >= 0.6 is 12.2 Å². The molecule has 0 spiro atoms. The molecule has 0 amide bonds. The number of nitrogens with one attached hydrogen (secondary N) is 1. The molecule has 0 aliphatic rings. The zero-order valence-electron chi connectivity index (χ0n) is 11.6. The number of hydrogen-bond acceptors (Lipinski definition) is 3. The molecule has 0 unspecified atom stereocenters. The number of hydrogen-bond donors (Lipinski definition) is 1. The van der Waals surface area contributed by atoms with Gasteiger partial charge in [-0.2, -0.15) is 5.10 Å². The number of aromatic amines is 1. The summed E-state index contributed by atoms with van der Waals surface area (Å²) in [5.74, 6) is 0.792. The minimum Gasteiger partial charge on any atom is -0.324 e. The highest BCUT2D eigenvalue weighted by atomic mass is 32.1. The van der Waals surface area contributed by atoms with E-state index in [2.05, 4.69) is 28.9 Å². The molecular formula is C15H16N4S. The Morgan fingerprint density at radius 2 is 1.95 bits per heavy atom. The maximum absolute atomic E-state index is 5.47. The first-order valence-corrected chi connectivity index (χ1v) is 7.20. The van der Waals surface area contributed by atoms with E-state index in [-0.39, 0.29) is 0 Å². The van der Waals surface area contributed by atoms with Crippen molar-refractivity contribution in [3.05, 3.63) is 40.7 Å². The van der Waals surface area contributed by atoms with Gasteiger partial charge >= 0.3 is 0 Å². The Hall–Kier alpha value is -2.01. The lowest BCUT2D eigenvalue weighted by Crippen LogP contribution is -1.99. The Balaban J connectivity index is 2.32. The summed E-state index contributed by atoms with van der Waals surface area (Å²) >= 11 is 5.47. The smallest absolute Gasteiger partial charge is 0.141 e. The van der Waals surface area contributed by atoms with E-state index in [0.717, 1.165) is 41.1 Å². The first-order valence-electron chi connectivity index (χ1n) is 6.79. The lowest BCUT2D eigenvalue weighted by molar-refractivity contribution is 0.664. The minimum atomic E-state index is 0.620. The summed E-state index contributed by atoms with van der Waals surface area (Å²) in [7, 11) is 0. The number of rotatable bonds is 3. The summed E-state index contributed by atoms with van der Waals surface area (Å²) in [4.78, 5) is 7.91. The van der Waals surface area contributed by atoms with Crippen LogP contribution in [0, 0.1) is 4.64 Å². The van der Waals surface area contributed by atoms with Gasteiger partial charge in [0.25, 0.3) is 0 Å². The van der Waals surface area contributed by atoms with Gasteiger partial charge in [-0.3, -0.25) is 0 Å². The van der Waals surface area contributed by atoms with Crippen LogP contribution < -0.4 is 0 Å². The third-order valence-electron chi connectivity index (χ3n) is 3.37. The fraction of sp³-hybridized carbons (Fsp3) is 0.267. The summed E-state index contributed by atoms with van der Waals surface area (Å²) in [6.07, 6.45) is 0.855. The molecule has 2 heterocycles. The van der Waals surface area contributed by atoms with Crippen LogP contribution in [-0.4, -0.2) is 19.7 Å². The van der Waals surface area contributed by atoms with Crippen molar-refractivity contribution in [3.8, 4) is 11.4 Å². The quantitative estimate of drug-likeness (QED) is 0.745. The van der Waals surface area contributed by atoms with E-state index in [1.54, 1.807) is 0 Å². The van der Waals surface area contributed by atoms with Gasteiger partial charge in [0.2, 0.25) is 0 Å². The summed E-state index contributed by atoms with van der Waals surface area (Å²) in [6.45, 7) is 4.97. The van der Waals surface area contributed by atoms with Crippen molar-refractivity contribution in [1.29, 1.82) is 0 Å². The molecule has 0 saturated heterocycles. The van der Waals surface area contributed by atoms with Crippen molar-refractivity contribution >= 4 is 23.3 Å². The van der Waals surface area contributed by atoms with Gasteiger partial charge in [0.1, 0.15) is 16.1 Å². The van der Waals surface area contributed by atoms with Crippen molar-refractivity contribution in [2.24, 2.45) is 0 Å². The number of fused-ring (bicyclic) bond motifs is 1. The van der Waals surface area contributed by atoms with E-state index in [0.29, 0.717) is 4.64 Å². The number of aromatic nitrogens is 4. The zero-order valence-corrected chi connectivity index (χ0v) is 12.4. The van der Waals surface area contributed by atoms with Gasteiger partial charge in [0.15, 0.2) is 0 Å². The van der Waals surface area contributed by atoms with Crippen molar-refractivity contribution in [1.82, 2.24) is 19.7 Å². The first-order chi connectivity index (χ1) is 9.74. The van der Waals surface area contributed by atoms with Crippen LogP contribution in [0.2, 0.25) is 0 Å². The standard InChI is InChI=1S/C15H16N4S/c1-3-11-12-14(19(4-2)18-11)16-13(17-15(12)20)10-8-6-5-7-9-10/h5-9H,3-4H2,1-2H3,(H,16,17,20). The Labute approximate surface area is 122 Å². The average molecular weight is 284 g/mol. The Kier molecular flexibility index (Phi) is 3.36. The fourth-order valence-corrected chi connectivity index (χ4v) is 2.68. The molecular weight excluding hydrogens is 268 g/mol. The number of nitrogens with zero attached hydrogens (tertiary/aromatic N) is 3. The van der Waals surface area contributed by atoms with Crippen LogP contribution in [0.25, 0.3) is 22.4 Å². The summed E-state index contributed by atoms with van der Waals surface area (Å²) in [5.41, 5.74) is 3.00. The molecule has 20 heavy (non-hydrogen) atoms. The number of H-pyrrole nitrogens is 1. The average Bonchev–Trinajstić information content (AvgIpc) is 2.86. The van der Waals surface area contributed by atoms with E-state index in [4.69, 9.17) is 12.2 Å². The van der Waals surface area contributed by atoms with E-state index < -0.39 is 0 Å². The largest absolute Gasteiger partial charge is 0.324 e. The predicted octanol–water partition coefficient (Wildman–Crippen LogP) is 3.74. The monoisotopic (exact) mass is 284 g/mol. The van der Waals surface area contributed by atoms with Crippen LogP contribution in [0.15, 0.2) is 30.3 Å². The van der Waals surface area contributed by atoms with Gasteiger partial charge in [-0.15, -0.1) is 0 Å². The Bertz CT molecular complexity index is 802. The van der Waals surface area contributed by atoms with Crippen molar-refractivity contribution in [3.63, 3.8) is 0 Å². The molecule has 0 saturated carbocycles. The normalized spacial score (nSPS) is 11.1. The number of aryl methyl sites for hydroxylation is 2. The highest BCUT2D eigenvalue weighted by Gasteiger charge is 2.13. The van der Waals surface area contributed by atoms with Gasteiger partial charge in [-0.25, -0.2) is 9.67 Å². The molecule has 0 bridgehead atoms. The molecule has 1 aromatic carbocycles. The molecule has 4 nitrogen and oxygen atoms in total. The van der Waals surface area contributed by atoms with Crippen LogP contribution in [0.4, 0.5) is 0 Å². The molecule has 0 radical (unpaired) electrons. The highest BCUT2D eigenvalue weighted by Crippen LogP contribution is 2.22. The highest BCUT2D eigenvalue weighted by molar-refractivity contribution is 7.71. The number of benzene rings is 1. The summed E-state index contributed by atoms with van der Waals surface area (Å²) < 4.78 is 2.58. The van der Waals surface area contributed by atoms with Crippen LogP contribution in [-0.2, 0) is 13.0 Å². The molecule has 0 fully saturated rings. The van der Waals surface area contributed by atoms with Crippen LogP contribution in [0.3, 0.4) is 0 Å². The molecule has 5 heteroatoms. The second kappa shape index (κ2) is 5.17. The summed E-state index contributed by atoms with van der Waals surface area (Å²) in [6, 6.07) is 10.0. The van der Waals surface area contributed by atoms with Crippen molar-refractivity contribution in [2.75, 3.05) is 0 Å². The van der Waals surface area contributed by atoms with Gasteiger partial charge < -0.3 is 4.98 Å². The van der Waals surface area contributed by atoms with Gasteiger partial charge in [0, 0.05) is 12.1 Å². The third-order valence-corrected chi connectivity index (χ3v) is 3.67. The van der Waals surface area contributed by atoms with Gasteiger partial charge in [-0.1, -0.05) is 49.5 Å². The predicted molar refractivity (Wildman–Crippen MR) is 83.2 cm³/mol. The molecule has 3 aromatic rings. The lowest BCUT2D eigenvalue weighted by Gasteiger charge is -2.04. The zero-order chi connectivity index (χ0) is 14.1. The van der Waals surface area contributed by atoms with Crippen LogP contribution in [0.5, 0.6) is 0 Å². The van der Waals surface area contributed by atoms with Gasteiger partial charge in [0.05, 0.1) is 11.1 Å². The maximum atomic E-state index is 5.47. The van der Waals surface area contributed by atoms with Crippen molar-refractivity contribution in [2.45, 2.75) is 26.8 Å². The van der Waals surface area contributed by atoms with E-state index in [9.17, 15) is 0 Å². The Morgan fingerprint density at radius 1 is 1.20 bits per heavy atom. The molecule has 102 valence electrons.